The number of hydrogen-bond donors (Lipinski definition) is 0. The van der Waals surface area contributed by atoms with Gasteiger partial charge in [0.25, 0.3) is 10.0 Å². The highest BCUT2D eigenvalue weighted by molar-refractivity contribution is 7.92. The number of aromatic nitrogens is 3. The fourth-order valence-electron chi connectivity index (χ4n) is 2.21. The predicted molar refractivity (Wildman–Crippen MR) is 76.8 cm³/mol. The summed E-state index contributed by atoms with van der Waals surface area (Å²) in [6, 6.07) is 3.37. The minimum Gasteiger partial charge on any atom is -0.471 e. The first kappa shape index (κ1) is 13.9. The van der Waals surface area contributed by atoms with Crippen molar-refractivity contribution in [3.63, 3.8) is 0 Å². The van der Waals surface area contributed by atoms with Gasteiger partial charge in [0.15, 0.2) is 5.03 Å². The molecule has 1 unspecified atom stereocenters. The van der Waals surface area contributed by atoms with Crippen LogP contribution in [0, 0.1) is 6.92 Å². The minimum atomic E-state index is -3.73. The summed E-state index contributed by atoms with van der Waals surface area (Å²) in [5.74, 6) is 0.966. The smallest absolute Gasteiger partial charge is 0.283 e. The molecule has 0 amide bonds. The Kier molecular flexibility index (Phi) is 3.12. The maximum atomic E-state index is 12.8. The largest absolute Gasteiger partial charge is 0.471 e. The topological polar surface area (TPSA) is 77.3 Å². The number of hydrogen-bond acceptors (Lipinski definition) is 5. The van der Waals surface area contributed by atoms with Gasteiger partial charge < -0.3 is 9.30 Å². The Morgan fingerprint density at radius 3 is 2.86 bits per heavy atom. The Morgan fingerprint density at radius 2 is 2.19 bits per heavy atom. The summed E-state index contributed by atoms with van der Waals surface area (Å²) < 4.78 is 34.2. The summed E-state index contributed by atoms with van der Waals surface area (Å²) in [5, 5.41) is 0.0337. The highest BCUT2D eigenvalue weighted by atomic mass is 32.2. The Morgan fingerprint density at radius 1 is 1.43 bits per heavy atom. The molecule has 0 fully saturated rings. The number of sulfonamides is 1. The van der Waals surface area contributed by atoms with E-state index in [0.717, 1.165) is 0 Å². The number of nitrogens with zero attached hydrogens (tertiary/aromatic N) is 4. The van der Waals surface area contributed by atoms with Crippen LogP contribution in [0.4, 0.5) is 5.69 Å². The molecular weight excluding hydrogens is 292 g/mol. The van der Waals surface area contributed by atoms with Crippen LogP contribution in [0.25, 0.3) is 0 Å². The molecule has 8 heteroatoms. The van der Waals surface area contributed by atoms with Gasteiger partial charge in [0.2, 0.25) is 5.88 Å². The summed E-state index contributed by atoms with van der Waals surface area (Å²) in [5.41, 5.74) is 0.443. The number of aryl methyl sites for hydroxylation is 2. The predicted octanol–water partition coefficient (Wildman–Crippen LogP) is 1.10. The molecule has 0 spiro atoms. The Bertz CT molecular complexity index is 765. The molecule has 7 nitrogen and oxygen atoms in total. The standard InChI is InChI=1S/C13H16N4O3S/c1-9-7-17(11-5-4-6-14-13(11)20-9)21(18,19)12-8-16(3)10(2)15-12/h4-6,8-9H,7H2,1-3H3. The third-order valence-corrected chi connectivity index (χ3v) is 5.05. The normalized spacial score (nSPS) is 18.2. The maximum Gasteiger partial charge on any atom is 0.283 e. The van der Waals surface area contributed by atoms with Gasteiger partial charge in [0.05, 0.1) is 6.54 Å². The first-order valence-corrected chi connectivity index (χ1v) is 7.98. The van der Waals surface area contributed by atoms with Gasteiger partial charge in [-0.15, -0.1) is 0 Å². The number of ether oxygens (including phenoxy) is 1. The molecule has 0 radical (unpaired) electrons. The third-order valence-electron chi connectivity index (χ3n) is 3.40. The van der Waals surface area contributed by atoms with Gasteiger partial charge in [0.1, 0.15) is 17.6 Å². The third kappa shape index (κ3) is 2.25. The van der Waals surface area contributed by atoms with Crippen LogP contribution in [0.15, 0.2) is 29.6 Å². The quantitative estimate of drug-likeness (QED) is 0.830. The van der Waals surface area contributed by atoms with Crippen molar-refractivity contribution in [3.05, 3.63) is 30.4 Å². The van der Waals surface area contributed by atoms with Crippen molar-refractivity contribution < 1.29 is 13.2 Å². The van der Waals surface area contributed by atoms with Crippen molar-refractivity contribution >= 4 is 15.7 Å². The monoisotopic (exact) mass is 308 g/mol. The highest BCUT2D eigenvalue weighted by Gasteiger charge is 2.35. The van der Waals surface area contributed by atoms with Gasteiger partial charge in [0, 0.05) is 19.4 Å². The van der Waals surface area contributed by atoms with Crippen LogP contribution in [0.5, 0.6) is 5.88 Å². The summed E-state index contributed by atoms with van der Waals surface area (Å²) >= 11 is 0. The van der Waals surface area contributed by atoms with Crippen LogP contribution in [0.1, 0.15) is 12.7 Å². The van der Waals surface area contributed by atoms with Crippen molar-refractivity contribution in [2.75, 3.05) is 10.8 Å². The second-order valence-corrected chi connectivity index (χ2v) is 6.84. The van der Waals surface area contributed by atoms with Gasteiger partial charge in [-0.1, -0.05) is 0 Å². The lowest BCUT2D eigenvalue weighted by atomic mass is 10.3. The Hall–Kier alpha value is -2.09. The molecule has 112 valence electrons. The molecule has 2 aromatic heterocycles. The van der Waals surface area contributed by atoms with Crippen molar-refractivity contribution in [3.8, 4) is 5.88 Å². The molecule has 0 saturated heterocycles. The van der Waals surface area contributed by atoms with E-state index in [0.29, 0.717) is 17.4 Å². The van der Waals surface area contributed by atoms with Gasteiger partial charge in [-0.3, -0.25) is 4.31 Å². The van der Waals surface area contributed by atoms with E-state index in [-0.39, 0.29) is 17.7 Å². The first-order chi connectivity index (χ1) is 9.89. The fourth-order valence-corrected chi connectivity index (χ4v) is 3.78. The molecule has 1 atom stereocenters. The second kappa shape index (κ2) is 4.73. The van der Waals surface area contributed by atoms with Crippen LogP contribution >= 0.6 is 0 Å². The zero-order valence-corrected chi connectivity index (χ0v) is 12.8. The Balaban J connectivity index is 2.11. The van der Waals surface area contributed by atoms with Gasteiger partial charge in [-0.25, -0.2) is 9.97 Å². The summed E-state index contributed by atoms with van der Waals surface area (Å²) in [6.07, 6.45) is 2.82. The molecule has 0 N–H and O–H groups in total. The van der Waals surface area contributed by atoms with Crippen LogP contribution in [-0.4, -0.2) is 35.6 Å². The lowest BCUT2D eigenvalue weighted by molar-refractivity contribution is 0.210. The summed E-state index contributed by atoms with van der Waals surface area (Å²) in [6.45, 7) is 3.80. The fraction of sp³-hybridized carbons (Fsp3) is 0.385. The SMILES string of the molecule is Cc1nc(S(=O)(=O)N2CC(C)Oc3ncccc32)cn1C. The molecule has 3 rings (SSSR count). The van der Waals surface area contributed by atoms with E-state index in [1.807, 2.05) is 6.92 Å². The molecule has 2 aromatic rings. The van der Waals surface area contributed by atoms with Crippen LogP contribution in [0.3, 0.4) is 0 Å². The van der Waals surface area contributed by atoms with Gasteiger partial charge in [-0.05, 0) is 26.0 Å². The molecule has 0 aliphatic carbocycles. The number of rotatable bonds is 2. The molecular formula is C13H16N4O3S. The van der Waals surface area contributed by atoms with Gasteiger partial charge >= 0.3 is 0 Å². The van der Waals surface area contributed by atoms with Gasteiger partial charge in [-0.2, -0.15) is 8.42 Å². The lowest BCUT2D eigenvalue weighted by Gasteiger charge is -2.32. The van der Waals surface area contributed by atoms with Crippen molar-refractivity contribution in [2.24, 2.45) is 7.05 Å². The van der Waals surface area contributed by atoms with E-state index in [2.05, 4.69) is 9.97 Å². The number of imidazole rings is 1. The van der Waals surface area contributed by atoms with Crippen LogP contribution in [-0.2, 0) is 17.1 Å². The first-order valence-electron chi connectivity index (χ1n) is 6.54. The van der Waals surface area contributed by atoms with E-state index in [1.54, 1.807) is 36.9 Å². The zero-order valence-electron chi connectivity index (χ0n) is 12.0. The molecule has 0 aromatic carbocycles. The Labute approximate surface area is 123 Å². The van der Waals surface area contributed by atoms with Crippen LogP contribution < -0.4 is 9.04 Å². The summed E-state index contributed by atoms with van der Waals surface area (Å²) in [7, 11) is -1.97. The number of anilines is 1. The van der Waals surface area contributed by atoms with Crippen LogP contribution in [0.2, 0.25) is 0 Å². The van der Waals surface area contributed by atoms with E-state index in [9.17, 15) is 8.42 Å². The molecule has 0 saturated carbocycles. The molecule has 1 aliphatic heterocycles. The number of pyridine rings is 1. The molecule has 1 aliphatic rings. The van der Waals surface area contributed by atoms with E-state index in [1.165, 1.54) is 10.5 Å². The van der Waals surface area contributed by atoms with E-state index >= 15 is 0 Å². The average molecular weight is 308 g/mol. The summed E-state index contributed by atoms with van der Waals surface area (Å²) in [4.78, 5) is 8.22. The van der Waals surface area contributed by atoms with E-state index < -0.39 is 10.0 Å². The van der Waals surface area contributed by atoms with Crippen molar-refractivity contribution in [1.82, 2.24) is 14.5 Å². The van der Waals surface area contributed by atoms with Crippen molar-refractivity contribution in [2.45, 2.75) is 25.0 Å². The van der Waals surface area contributed by atoms with E-state index in [4.69, 9.17) is 4.74 Å². The second-order valence-electron chi connectivity index (χ2n) is 5.03. The molecule has 3 heterocycles. The van der Waals surface area contributed by atoms with Crippen molar-refractivity contribution in [1.29, 1.82) is 0 Å². The maximum absolute atomic E-state index is 12.8. The number of fused-ring (bicyclic) bond motifs is 1. The zero-order chi connectivity index (χ0) is 15.2. The minimum absolute atomic E-state index is 0.0337. The average Bonchev–Trinajstić information content (AvgIpc) is 2.78. The molecule has 0 bridgehead atoms. The highest BCUT2D eigenvalue weighted by Crippen LogP contribution is 2.34. The lowest BCUT2D eigenvalue weighted by Crippen LogP contribution is -2.42. The molecule has 21 heavy (non-hydrogen) atoms.